The molecule has 1 fully saturated rings. The molecule has 1 aromatic carbocycles. The molecule has 33 heavy (non-hydrogen) atoms. The van der Waals surface area contributed by atoms with E-state index >= 15 is 0 Å². The number of hydrogen-bond donors (Lipinski definition) is 3. The van der Waals surface area contributed by atoms with Gasteiger partial charge in [-0.05, 0) is 19.9 Å². The van der Waals surface area contributed by atoms with E-state index < -0.39 is 11.7 Å². The summed E-state index contributed by atoms with van der Waals surface area (Å²) in [4.78, 5) is 19.5. The van der Waals surface area contributed by atoms with Crippen molar-refractivity contribution >= 4 is 33.8 Å². The number of hydrogen-bond acceptors (Lipinski definition) is 6. The molecule has 0 spiro atoms. The minimum absolute atomic E-state index is 0.0547. The first-order valence-corrected chi connectivity index (χ1v) is 11.0. The lowest BCUT2D eigenvalue weighted by molar-refractivity contribution is 0.102. The molecule has 1 aliphatic heterocycles. The molecule has 4 aromatic rings. The normalized spacial score (nSPS) is 16.2. The van der Waals surface area contributed by atoms with Gasteiger partial charge in [-0.1, -0.05) is 6.92 Å². The van der Waals surface area contributed by atoms with E-state index in [-0.39, 0.29) is 22.6 Å². The van der Waals surface area contributed by atoms with Gasteiger partial charge in [0.15, 0.2) is 11.5 Å². The van der Waals surface area contributed by atoms with Gasteiger partial charge in [0.1, 0.15) is 16.8 Å². The molecular weight excluding hydrogens is 425 g/mol. The van der Waals surface area contributed by atoms with Crippen molar-refractivity contribution in [1.29, 1.82) is 0 Å². The van der Waals surface area contributed by atoms with Crippen molar-refractivity contribution in [1.82, 2.24) is 24.5 Å². The predicted octanol–water partition coefficient (Wildman–Crippen LogP) is 2.81. The van der Waals surface area contributed by atoms with E-state index in [9.17, 15) is 14.3 Å². The van der Waals surface area contributed by atoms with Crippen LogP contribution in [0.1, 0.15) is 29.4 Å². The number of aromatic nitrogens is 4. The summed E-state index contributed by atoms with van der Waals surface area (Å²) in [5.41, 5.74) is 2.40. The number of benzene rings is 1. The number of fused-ring (bicyclic) bond motifs is 2. The number of nitrogens with one attached hydrogen (secondary N) is 2. The first-order chi connectivity index (χ1) is 15.8. The van der Waals surface area contributed by atoms with Crippen LogP contribution in [0.2, 0.25) is 0 Å². The number of phenolic OH excluding ortho intramolecular Hbond substituents is 1. The molecule has 1 aliphatic rings. The molecule has 1 saturated heterocycles. The number of likely N-dealkylation sites (N-methyl/N-ethyl adjacent to an activating group) is 1. The smallest absolute Gasteiger partial charge is 0.261 e. The van der Waals surface area contributed by atoms with Crippen LogP contribution in [-0.2, 0) is 7.05 Å². The van der Waals surface area contributed by atoms with Gasteiger partial charge in [-0.25, -0.2) is 9.37 Å². The Morgan fingerprint density at radius 3 is 2.91 bits per heavy atom. The SMILES string of the molecule is CCN[C@H]1CCN(c2cc(O)c(C(=O)Nc3cc(F)c4nc(C)cn4c3)c3nn(C)cc23)C1. The average molecular weight is 452 g/mol. The van der Waals surface area contributed by atoms with Crippen LogP contribution in [0.15, 0.2) is 30.7 Å². The van der Waals surface area contributed by atoms with E-state index in [1.807, 2.05) is 6.20 Å². The van der Waals surface area contributed by atoms with E-state index in [1.165, 1.54) is 10.5 Å². The summed E-state index contributed by atoms with van der Waals surface area (Å²) in [6.07, 6.45) is 6.11. The number of amides is 1. The number of rotatable bonds is 5. The largest absolute Gasteiger partial charge is 0.507 e. The molecule has 4 heterocycles. The Hall–Kier alpha value is -3.66. The number of pyridine rings is 1. The van der Waals surface area contributed by atoms with Gasteiger partial charge < -0.3 is 25.0 Å². The van der Waals surface area contributed by atoms with Crippen LogP contribution in [0.5, 0.6) is 5.75 Å². The summed E-state index contributed by atoms with van der Waals surface area (Å²) in [6, 6.07) is 3.21. The third-order valence-corrected chi connectivity index (χ3v) is 6.00. The minimum atomic E-state index is -0.565. The van der Waals surface area contributed by atoms with Crippen LogP contribution in [-0.4, -0.2) is 55.9 Å². The summed E-state index contributed by atoms with van der Waals surface area (Å²) >= 11 is 0. The van der Waals surface area contributed by atoms with Crippen molar-refractivity contribution in [2.75, 3.05) is 29.9 Å². The molecule has 1 atom stereocenters. The highest BCUT2D eigenvalue weighted by atomic mass is 19.1. The number of imidazole rings is 1. The van der Waals surface area contributed by atoms with Crippen LogP contribution in [0.25, 0.3) is 16.6 Å². The van der Waals surface area contributed by atoms with Crippen molar-refractivity contribution in [2.45, 2.75) is 26.3 Å². The van der Waals surface area contributed by atoms with E-state index in [0.717, 1.165) is 37.1 Å². The summed E-state index contributed by atoms with van der Waals surface area (Å²) < 4.78 is 17.6. The van der Waals surface area contributed by atoms with E-state index in [0.29, 0.717) is 17.3 Å². The minimum Gasteiger partial charge on any atom is -0.507 e. The number of carbonyl (C=O) groups is 1. The van der Waals surface area contributed by atoms with Crippen LogP contribution in [0.3, 0.4) is 0 Å². The fourth-order valence-electron chi connectivity index (χ4n) is 4.62. The number of anilines is 2. The molecule has 3 aromatic heterocycles. The molecule has 10 heteroatoms. The Morgan fingerprint density at radius 2 is 2.12 bits per heavy atom. The second kappa shape index (κ2) is 8.04. The zero-order valence-electron chi connectivity index (χ0n) is 18.8. The zero-order chi connectivity index (χ0) is 23.3. The van der Waals surface area contributed by atoms with Gasteiger partial charge in [0, 0.05) is 62.3 Å². The highest BCUT2D eigenvalue weighted by molar-refractivity contribution is 6.16. The quantitative estimate of drug-likeness (QED) is 0.432. The lowest BCUT2D eigenvalue weighted by atomic mass is 10.1. The van der Waals surface area contributed by atoms with E-state index in [1.54, 1.807) is 37.1 Å². The summed E-state index contributed by atoms with van der Waals surface area (Å²) in [5.74, 6) is -1.28. The topological polar surface area (TPSA) is 99.7 Å². The molecular formula is C23H26FN7O2. The lowest BCUT2D eigenvalue weighted by Crippen LogP contribution is -2.32. The molecule has 0 bridgehead atoms. The van der Waals surface area contributed by atoms with Crippen LogP contribution < -0.4 is 15.5 Å². The van der Waals surface area contributed by atoms with Crippen molar-refractivity contribution in [3.05, 3.63) is 47.8 Å². The Labute approximate surface area is 189 Å². The third kappa shape index (κ3) is 3.76. The lowest BCUT2D eigenvalue weighted by Gasteiger charge is -2.21. The highest BCUT2D eigenvalue weighted by Crippen LogP contribution is 2.37. The number of phenols is 1. The van der Waals surface area contributed by atoms with Crippen molar-refractivity contribution in [2.24, 2.45) is 7.05 Å². The molecule has 0 aliphatic carbocycles. The van der Waals surface area contributed by atoms with Crippen molar-refractivity contribution in [3.63, 3.8) is 0 Å². The molecule has 0 radical (unpaired) electrons. The second-order valence-electron chi connectivity index (χ2n) is 8.49. The van der Waals surface area contributed by atoms with Gasteiger partial charge >= 0.3 is 0 Å². The van der Waals surface area contributed by atoms with Crippen LogP contribution in [0.4, 0.5) is 15.8 Å². The summed E-state index contributed by atoms with van der Waals surface area (Å²) in [6.45, 7) is 6.40. The molecule has 0 unspecified atom stereocenters. The number of carbonyl (C=O) groups excluding carboxylic acids is 1. The first-order valence-electron chi connectivity index (χ1n) is 11.0. The number of halogens is 1. The van der Waals surface area contributed by atoms with Gasteiger partial charge in [0.2, 0.25) is 0 Å². The number of nitrogens with zero attached hydrogens (tertiary/aromatic N) is 5. The van der Waals surface area contributed by atoms with Gasteiger partial charge in [-0.15, -0.1) is 0 Å². The second-order valence-corrected chi connectivity index (χ2v) is 8.49. The van der Waals surface area contributed by atoms with Gasteiger partial charge in [-0.3, -0.25) is 9.48 Å². The monoisotopic (exact) mass is 451 g/mol. The maximum atomic E-state index is 14.5. The predicted molar refractivity (Wildman–Crippen MR) is 125 cm³/mol. The maximum absolute atomic E-state index is 14.5. The standard InChI is InChI=1S/C23H26FN7O2/c1-4-25-14-5-6-30(10-14)18-8-19(32)20(21-16(18)12-29(3)28-21)23(33)27-15-7-17(24)22-26-13(2)9-31(22)11-15/h7-9,11-12,14,25,32H,4-6,10H2,1-3H3,(H,27,33)/t14-/m0/s1. The maximum Gasteiger partial charge on any atom is 0.261 e. The van der Waals surface area contributed by atoms with Crippen molar-refractivity contribution < 1.29 is 14.3 Å². The fraction of sp³-hybridized carbons (Fsp3) is 0.348. The Bertz CT molecular complexity index is 1380. The van der Waals surface area contributed by atoms with E-state index in [4.69, 9.17) is 0 Å². The first kappa shape index (κ1) is 21.2. The molecule has 172 valence electrons. The van der Waals surface area contributed by atoms with Crippen molar-refractivity contribution in [3.8, 4) is 5.75 Å². The van der Waals surface area contributed by atoms with Gasteiger partial charge in [0.25, 0.3) is 5.91 Å². The molecule has 5 rings (SSSR count). The third-order valence-electron chi connectivity index (χ3n) is 6.00. The fourth-order valence-corrected chi connectivity index (χ4v) is 4.62. The summed E-state index contributed by atoms with van der Waals surface area (Å²) in [5, 5.41) is 22.3. The molecule has 3 N–H and O–H groups in total. The Morgan fingerprint density at radius 1 is 1.30 bits per heavy atom. The Kier molecular flexibility index (Phi) is 5.16. The summed E-state index contributed by atoms with van der Waals surface area (Å²) in [7, 11) is 1.78. The zero-order valence-corrected chi connectivity index (χ0v) is 18.8. The Balaban J connectivity index is 1.51. The highest BCUT2D eigenvalue weighted by Gasteiger charge is 2.27. The van der Waals surface area contributed by atoms with E-state index in [2.05, 4.69) is 32.5 Å². The number of aromatic hydroxyl groups is 1. The average Bonchev–Trinajstić information content (AvgIpc) is 3.45. The molecule has 0 saturated carbocycles. The molecule has 1 amide bonds. The van der Waals surface area contributed by atoms with Gasteiger partial charge in [-0.2, -0.15) is 5.10 Å². The van der Waals surface area contributed by atoms with Crippen LogP contribution >= 0.6 is 0 Å². The number of aryl methyl sites for hydroxylation is 2. The van der Waals surface area contributed by atoms with Crippen LogP contribution in [0, 0.1) is 12.7 Å². The van der Waals surface area contributed by atoms with Gasteiger partial charge in [0.05, 0.1) is 17.1 Å². The molecule has 9 nitrogen and oxygen atoms in total.